The number of aromatic nitrogens is 1. The lowest BCUT2D eigenvalue weighted by Gasteiger charge is -2.13. The molecule has 0 fully saturated rings. The molecule has 104 valence electrons. The van der Waals surface area contributed by atoms with Crippen LogP contribution >= 0.6 is 12.2 Å². The van der Waals surface area contributed by atoms with E-state index in [1.807, 2.05) is 37.3 Å². The molecule has 0 aliphatic carbocycles. The summed E-state index contributed by atoms with van der Waals surface area (Å²) in [6.07, 6.45) is 1.73. The molecule has 1 aromatic heterocycles. The molecule has 1 heterocycles. The van der Waals surface area contributed by atoms with E-state index in [1.165, 1.54) is 0 Å². The molecule has 4 nitrogen and oxygen atoms in total. The fourth-order valence-electron chi connectivity index (χ4n) is 2.01. The Labute approximate surface area is 124 Å². The molecule has 0 radical (unpaired) electrons. The first-order chi connectivity index (χ1) is 9.61. The highest BCUT2D eigenvalue weighted by Gasteiger charge is 2.10. The Morgan fingerprint density at radius 3 is 2.90 bits per heavy atom. The Morgan fingerprint density at radius 2 is 2.20 bits per heavy atom. The van der Waals surface area contributed by atoms with Crippen LogP contribution in [0.25, 0.3) is 0 Å². The van der Waals surface area contributed by atoms with E-state index in [4.69, 9.17) is 22.7 Å². The lowest BCUT2D eigenvalue weighted by atomic mass is 10.1. The standard InChI is InChI=1S/C15H17N3OS/c1-10-6-7-17-15(13(10)14(16)20)18-12-5-3-4-11(8-12)9-19-2/h3-8H,9H2,1-2H3,(H2,16,20)(H,17,18). The summed E-state index contributed by atoms with van der Waals surface area (Å²) in [4.78, 5) is 4.66. The van der Waals surface area contributed by atoms with Crippen LogP contribution in [0.4, 0.5) is 11.5 Å². The van der Waals surface area contributed by atoms with E-state index in [2.05, 4.69) is 10.3 Å². The van der Waals surface area contributed by atoms with Crippen LogP contribution in [-0.2, 0) is 11.3 Å². The van der Waals surface area contributed by atoms with Gasteiger partial charge in [0.15, 0.2) is 0 Å². The van der Waals surface area contributed by atoms with Gasteiger partial charge in [-0.1, -0.05) is 24.4 Å². The zero-order valence-electron chi connectivity index (χ0n) is 11.5. The summed E-state index contributed by atoms with van der Waals surface area (Å²) < 4.78 is 5.13. The molecule has 20 heavy (non-hydrogen) atoms. The molecule has 2 aromatic rings. The summed E-state index contributed by atoms with van der Waals surface area (Å²) in [7, 11) is 1.67. The number of rotatable bonds is 5. The third-order valence-corrected chi connectivity index (χ3v) is 3.11. The van der Waals surface area contributed by atoms with Crippen molar-refractivity contribution < 1.29 is 4.74 Å². The van der Waals surface area contributed by atoms with Crippen molar-refractivity contribution in [2.75, 3.05) is 12.4 Å². The molecule has 0 spiro atoms. The molecule has 5 heteroatoms. The molecular formula is C15H17N3OS. The molecule has 0 atom stereocenters. The van der Waals surface area contributed by atoms with Crippen molar-refractivity contribution in [1.82, 2.24) is 4.98 Å². The van der Waals surface area contributed by atoms with Crippen LogP contribution in [0.1, 0.15) is 16.7 Å². The van der Waals surface area contributed by atoms with Gasteiger partial charge in [-0.15, -0.1) is 0 Å². The number of pyridine rings is 1. The monoisotopic (exact) mass is 287 g/mol. The maximum Gasteiger partial charge on any atom is 0.140 e. The summed E-state index contributed by atoms with van der Waals surface area (Å²) in [6.45, 7) is 2.53. The minimum absolute atomic E-state index is 0.339. The van der Waals surface area contributed by atoms with Gasteiger partial charge in [-0.2, -0.15) is 0 Å². The quantitative estimate of drug-likeness (QED) is 0.828. The number of nitrogens with zero attached hydrogens (tertiary/aromatic N) is 1. The first kappa shape index (κ1) is 14.4. The van der Waals surface area contributed by atoms with Gasteiger partial charge in [-0.25, -0.2) is 4.98 Å². The van der Waals surface area contributed by atoms with Gasteiger partial charge < -0.3 is 15.8 Å². The Hall–Kier alpha value is -1.98. The molecule has 0 saturated heterocycles. The van der Waals surface area contributed by atoms with Crippen molar-refractivity contribution in [2.24, 2.45) is 5.73 Å². The first-order valence-corrected chi connectivity index (χ1v) is 6.63. The molecule has 2 rings (SSSR count). The average molecular weight is 287 g/mol. The number of nitrogens with one attached hydrogen (secondary N) is 1. The summed E-state index contributed by atoms with van der Waals surface area (Å²) in [5.41, 5.74) is 9.57. The number of anilines is 2. The molecule has 3 N–H and O–H groups in total. The van der Waals surface area contributed by atoms with Crippen LogP contribution in [0.3, 0.4) is 0 Å². The Bertz CT molecular complexity index is 628. The largest absolute Gasteiger partial charge is 0.389 e. The van der Waals surface area contributed by atoms with E-state index in [9.17, 15) is 0 Å². The van der Waals surface area contributed by atoms with E-state index < -0.39 is 0 Å². The second-order valence-corrected chi connectivity index (χ2v) is 4.91. The van der Waals surface area contributed by atoms with Crippen molar-refractivity contribution in [3.05, 3.63) is 53.2 Å². The smallest absolute Gasteiger partial charge is 0.140 e. The predicted molar refractivity (Wildman–Crippen MR) is 85.3 cm³/mol. The van der Waals surface area contributed by atoms with Crippen molar-refractivity contribution >= 4 is 28.7 Å². The van der Waals surface area contributed by atoms with Gasteiger partial charge in [0.2, 0.25) is 0 Å². The SMILES string of the molecule is COCc1cccc(Nc2nccc(C)c2C(N)=S)c1. The van der Waals surface area contributed by atoms with Gasteiger partial charge in [0.25, 0.3) is 0 Å². The van der Waals surface area contributed by atoms with E-state index >= 15 is 0 Å². The van der Waals surface area contributed by atoms with Crippen LogP contribution in [0, 0.1) is 6.92 Å². The number of nitrogens with two attached hydrogens (primary N) is 1. The van der Waals surface area contributed by atoms with Crippen molar-refractivity contribution in [3.8, 4) is 0 Å². The molecule has 0 unspecified atom stereocenters. The van der Waals surface area contributed by atoms with Crippen LogP contribution in [-0.4, -0.2) is 17.1 Å². The van der Waals surface area contributed by atoms with Gasteiger partial charge in [0.1, 0.15) is 10.8 Å². The number of aryl methyl sites for hydroxylation is 1. The van der Waals surface area contributed by atoms with Crippen molar-refractivity contribution in [1.29, 1.82) is 0 Å². The summed E-state index contributed by atoms with van der Waals surface area (Å²) in [5, 5.41) is 3.26. The Kier molecular flexibility index (Phi) is 4.65. The third kappa shape index (κ3) is 3.31. The average Bonchev–Trinajstić information content (AvgIpc) is 2.39. The lowest BCUT2D eigenvalue weighted by molar-refractivity contribution is 0.185. The van der Waals surface area contributed by atoms with Gasteiger partial charge >= 0.3 is 0 Å². The molecule has 0 amide bonds. The fraction of sp³-hybridized carbons (Fsp3) is 0.200. The second-order valence-electron chi connectivity index (χ2n) is 4.47. The van der Waals surface area contributed by atoms with Crippen LogP contribution < -0.4 is 11.1 Å². The molecular weight excluding hydrogens is 270 g/mol. The van der Waals surface area contributed by atoms with Crippen molar-refractivity contribution in [3.63, 3.8) is 0 Å². The van der Waals surface area contributed by atoms with E-state index in [0.717, 1.165) is 22.4 Å². The zero-order valence-corrected chi connectivity index (χ0v) is 12.3. The topological polar surface area (TPSA) is 60.2 Å². The number of thiocarbonyl (C=S) groups is 1. The third-order valence-electron chi connectivity index (χ3n) is 2.91. The summed E-state index contributed by atoms with van der Waals surface area (Å²) in [6, 6.07) is 9.84. The van der Waals surface area contributed by atoms with Gasteiger partial charge in [-0.3, -0.25) is 0 Å². The van der Waals surface area contributed by atoms with E-state index in [-0.39, 0.29) is 0 Å². The summed E-state index contributed by atoms with van der Waals surface area (Å²) in [5.74, 6) is 0.673. The maximum absolute atomic E-state index is 5.78. The lowest BCUT2D eigenvalue weighted by Crippen LogP contribution is -2.14. The number of benzene rings is 1. The minimum Gasteiger partial charge on any atom is -0.389 e. The Balaban J connectivity index is 2.32. The number of hydrogen-bond acceptors (Lipinski definition) is 4. The predicted octanol–water partition coefficient (Wildman–Crippen LogP) is 2.91. The highest BCUT2D eigenvalue weighted by atomic mass is 32.1. The van der Waals surface area contributed by atoms with E-state index in [0.29, 0.717) is 17.4 Å². The number of methoxy groups -OCH3 is 1. The first-order valence-electron chi connectivity index (χ1n) is 6.22. The Morgan fingerprint density at radius 1 is 1.40 bits per heavy atom. The molecule has 1 aromatic carbocycles. The van der Waals surface area contributed by atoms with Crippen LogP contribution in [0.2, 0.25) is 0 Å². The van der Waals surface area contributed by atoms with Crippen LogP contribution in [0.5, 0.6) is 0 Å². The van der Waals surface area contributed by atoms with Gasteiger partial charge in [-0.05, 0) is 36.2 Å². The van der Waals surface area contributed by atoms with Gasteiger partial charge in [0.05, 0.1) is 12.2 Å². The molecule has 0 aliphatic heterocycles. The van der Waals surface area contributed by atoms with Crippen LogP contribution in [0.15, 0.2) is 36.5 Å². The van der Waals surface area contributed by atoms with Crippen molar-refractivity contribution in [2.45, 2.75) is 13.5 Å². The normalized spacial score (nSPS) is 10.3. The number of hydrogen-bond donors (Lipinski definition) is 2. The molecule has 0 aliphatic rings. The summed E-state index contributed by atoms with van der Waals surface area (Å²) >= 11 is 5.10. The minimum atomic E-state index is 0.339. The van der Waals surface area contributed by atoms with Gasteiger partial charge in [0, 0.05) is 19.0 Å². The molecule has 0 bridgehead atoms. The van der Waals surface area contributed by atoms with E-state index in [1.54, 1.807) is 13.3 Å². The highest BCUT2D eigenvalue weighted by Crippen LogP contribution is 2.22. The highest BCUT2D eigenvalue weighted by molar-refractivity contribution is 7.80. The number of ether oxygens (including phenoxy) is 1. The molecule has 0 saturated carbocycles. The maximum atomic E-state index is 5.78. The zero-order chi connectivity index (χ0) is 14.5. The second kappa shape index (κ2) is 6.45. The fourth-order valence-corrected chi connectivity index (χ4v) is 2.26.